The maximum atomic E-state index is 12.1. The fraction of sp³-hybridized carbons (Fsp3) is 0.235. The molecule has 1 saturated heterocycles. The second-order valence-electron chi connectivity index (χ2n) is 5.58. The highest BCUT2D eigenvalue weighted by Crippen LogP contribution is 2.20. The molecule has 3 aromatic rings. The Morgan fingerprint density at radius 3 is 2.87 bits per heavy atom. The number of aromatic nitrogens is 3. The molecule has 0 bridgehead atoms. The number of carbonyl (C=O) groups excluding carboxylic acids is 1. The molecule has 0 N–H and O–H groups in total. The average molecular weight is 308 g/mol. The standard InChI is InChI=1S/C17H16N4O2/c22-17(12-21-9-3-8-18-21)20-10-14(11-20)23-16-7-6-13-4-1-2-5-15(13)19-16/h1-9,14H,10-12H2. The van der Waals surface area contributed by atoms with Crippen LogP contribution in [0.5, 0.6) is 5.88 Å². The van der Waals surface area contributed by atoms with Gasteiger partial charge in [0.05, 0.1) is 18.6 Å². The number of hydrogen-bond donors (Lipinski definition) is 0. The Morgan fingerprint density at radius 1 is 1.17 bits per heavy atom. The maximum absolute atomic E-state index is 12.1. The van der Waals surface area contributed by atoms with Gasteiger partial charge in [0.25, 0.3) is 0 Å². The van der Waals surface area contributed by atoms with Gasteiger partial charge in [-0.25, -0.2) is 4.98 Å². The minimum atomic E-state index is 0.00485. The van der Waals surface area contributed by atoms with E-state index in [-0.39, 0.29) is 18.6 Å². The molecule has 2 aromatic heterocycles. The lowest BCUT2D eigenvalue weighted by Gasteiger charge is -2.38. The number of rotatable bonds is 4. The Hall–Kier alpha value is -2.89. The van der Waals surface area contributed by atoms with E-state index in [1.54, 1.807) is 28.0 Å². The molecule has 23 heavy (non-hydrogen) atoms. The minimum absolute atomic E-state index is 0.00485. The molecule has 0 spiro atoms. The van der Waals surface area contributed by atoms with Gasteiger partial charge in [0, 0.05) is 23.8 Å². The second kappa shape index (κ2) is 5.72. The molecule has 116 valence electrons. The van der Waals surface area contributed by atoms with E-state index in [4.69, 9.17) is 4.74 Å². The molecule has 1 fully saturated rings. The first kappa shape index (κ1) is 13.8. The lowest BCUT2D eigenvalue weighted by Crippen LogP contribution is -2.57. The Labute approximate surface area is 133 Å². The van der Waals surface area contributed by atoms with Crippen LogP contribution in [-0.2, 0) is 11.3 Å². The zero-order chi connectivity index (χ0) is 15.6. The smallest absolute Gasteiger partial charge is 0.244 e. The molecular weight excluding hydrogens is 292 g/mol. The van der Waals surface area contributed by atoms with Crippen molar-refractivity contribution in [2.75, 3.05) is 13.1 Å². The highest BCUT2D eigenvalue weighted by atomic mass is 16.5. The Balaban J connectivity index is 1.33. The average Bonchev–Trinajstić information content (AvgIpc) is 3.03. The summed E-state index contributed by atoms with van der Waals surface area (Å²) in [6, 6.07) is 13.6. The summed E-state index contributed by atoms with van der Waals surface area (Å²) in [5.74, 6) is 0.660. The maximum Gasteiger partial charge on any atom is 0.244 e. The quantitative estimate of drug-likeness (QED) is 0.736. The third-order valence-corrected chi connectivity index (χ3v) is 3.92. The second-order valence-corrected chi connectivity index (χ2v) is 5.58. The molecular formula is C17H16N4O2. The third kappa shape index (κ3) is 2.88. The number of para-hydroxylation sites is 1. The van der Waals surface area contributed by atoms with Crippen LogP contribution in [0, 0.1) is 0 Å². The number of hydrogen-bond acceptors (Lipinski definition) is 4. The molecule has 0 atom stereocenters. The van der Waals surface area contributed by atoms with Crippen LogP contribution in [0.25, 0.3) is 10.9 Å². The lowest BCUT2D eigenvalue weighted by atomic mass is 10.1. The van der Waals surface area contributed by atoms with Crippen molar-refractivity contribution in [1.82, 2.24) is 19.7 Å². The van der Waals surface area contributed by atoms with Gasteiger partial charge in [-0.05, 0) is 18.2 Å². The number of fused-ring (bicyclic) bond motifs is 1. The molecule has 0 unspecified atom stereocenters. The van der Waals surface area contributed by atoms with Gasteiger partial charge in [0.15, 0.2) is 0 Å². The number of likely N-dealkylation sites (tertiary alicyclic amines) is 1. The van der Waals surface area contributed by atoms with Gasteiger partial charge in [0.1, 0.15) is 12.6 Å². The van der Waals surface area contributed by atoms with E-state index in [1.807, 2.05) is 36.4 Å². The molecule has 1 aromatic carbocycles. The summed E-state index contributed by atoms with van der Waals surface area (Å²) >= 11 is 0. The fourth-order valence-electron chi connectivity index (χ4n) is 2.63. The van der Waals surface area contributed by atoms with E-state index < -0.39 is 0 Å². The van der Waals surface area contributed by atoms with Crippen molar-refractivity contribution in [2.45, 2.75) is 12.6 Å². The monoisotopic (exact) mass is 308 g/mol. The van der Waals surface area contributed by atoms with Crippen molar-refractivity contribution in [3.8, 4) is 5.88 Å². The third-order valence-electron chi connectivity index (χ3n) is 3.92. The Morgan fingerprint density at radius 2 is 2.04 bits per heavy atom. The minimum Gasteiger partial charge on any atom is -0.471 e. The summed E-state index contributed by atoms with van der Waals surface area (Å²) in [5.41, 5.74) is 0.913. The van der Waals surface area contributed by atoms with Gasteiger partial charge in [-0.15, -0.1) is 0 Å². The summed E-state index contributed by atoms with van der Waals surface area (Å²) in [6.07, 6.45) is 3.45. The van der Waals surface area contributed by atoms with Gasteiger partial charge < -0.3 is 9.64 Å². The molecule has 4 rings (SSSR count). The van der Waals surface area contributed by atoms with E-state index >= 15 is 0 Å². The number of nitrogens with zero attached hydrogens (tertiary/aromatic N) is 4. The summed E-state index contributed by atoms with van der Waals surface area (Å²) in [4.78, 5) is 18.3. The van der Waals surface area contributed by atoms with E-state index in [2.05, 4.69) is 10.1 Å². The molecule has 1 aliphatic rings. The number of pyridine rings is 1. The van der Waals surface area contributed by atoms with Crippen LogP contribution in [-0.4, -0.2) is 44.8 Å². The predicted molar refractivity (Wildman–Crippen MR) is 85.0 cm³/mol. The van der Waals surface area contributed by atoms with Gasteiger partial charge >= 0.3 is 0 Å². The van der Waals surface area contributed by atoms with Gasteiger partial charge in [-0.3, -0.25) is 9.48 Å². The number of carbonyl (C=O) groups is 1. The summed E-state index contributed by atoms with van der Waals surface area (Å²) < 4.78 is 7.47. The van der Waals surface area contributed by atoms with Crippen molar-refractivity contribution < 1.29 is 9.53 Å². The number of ether oxygens (including phenoxy) is 1. The van der Waals surface area contributed by atoms with E-state index in [9.17, 15) is 4.79 Å². The van der Waals surface area contributed by atoms with Crippen LogP contribution in [0.1, 0.15) is 0 Å². The predicted octanol–water partition coefficient (Wildman–Crippen LogP) is 1.72. The normalized spacial score (nSPS) is 14.7. The van der Waals surface area contributed by atoms with Crippen molar-refractivity contribution in [3.05, 3.63) is 54.9 Å². The summed E-state index contributed by atoms with van der Waals surface area (Å²) in [6.45, 7) is 1.46. The van der Waals surface area contributed by atoms with Gasteiger partial charge in [-0.2, -0.15) is 5.10 Å². The first-order valence-electron chi connectivity index (χ1n) is 7.55. The lowest BCUT2D eigenvalue weighted by molar-refractivity contribution is -0.140. The first-order valence-corrected chi connectivity index (χ1v) is 7.55. The van der Waals surface area contributed by atoms with Gasteiger partial charge in [-0.1, -0.05) is 18.2 Å². The van der Waals surface area contributed by atoms with Crippen molar-refractivity contribution >= 4 is 16.8 Å². The molecule has 0 saturated carbocycles. The summed E-state index contributed by atoms with van der Waals surface area (Å²) in [5, 5.41) is 5.13. The van der Waals surface area contributed by atoms with E-state index in [0.29, 0.717) is 19.0 Å². The molecule has 3 heterocycles. The van der Waals surface area contributed by atoms with Crippen LogP contribution in [0.4, 0.5) is 0 Å². The first-order chi connectivity index (χ1) is 11.3. The molecule has 1 amide bonds. The fourth-order valence-corrected chi connectivity index (χ4v) is 2.63. The molecule has 6 heteroatoms. The van der Waals surface area contributed by atoms with E-state index in [1.165, 1.54) is 0 Å². The zero-order valence-corrected chi connectivity index (χ0v) is 12.5. The van der Waals surface area contributed by atoms with Crippen molar-refractivity contribution in [2.24, 2.45) is 0 Å². The van der Waals surface area contributed by atoms with Gasteiger partial charge in [0.2, 0.25) is 11.8 Å². The van der Waals surface area contributed by atoms with Crippen LogP contribution >= 0.6 is 0 Å². The molecule has 1 aliphatic heterocycles. The zero-order valence-electron chi connectivity index (χ0n) is 12.5. The Kier molecular flexibility index (Phi) is 3.42. The van der Waals surface area contributed by atoms with Crippen molar-refractivity contribution in [1.29, 1.82) is 0 Å². The van der Waals surface area contributed by atoms with E-state index in [0.717, 1.165) is 10.9 Å². The topological polar surface area (TPSA) is 60.2 Å². The van der Waals surface area contributed by atoms with Crippen LogP contribution in [0.15, 0.2) is 54.9 Å². The SMILES string of the molecule is O=C(Cn1cccn1)N1CC(Oc2ccc3ccccc3n2)C1. The highest BCUT2D eigenvalue weighted by molar-refractivity contribution is 5.79. The molecule has 6 nitrogen and oxygen atoms in total. The van der Waals surface area contributed by atoms with Crippen LogP contribution in [0.3, 0.4) is 0 Å². The number of benzene rings is 1. The van der Waals surface area contributed by atoms with Crippen LogP contribution < -0.4 is 4.74 Å². The van der Waals surface area contributed by atoms with Crippen molar-refractivity contribution in [3.63, 3.8) is 0 Å². The van der Waals surface area contributed by atoms with Crippen LogP contribution in [0.2, 0.25) is 0 Å². The molecule has 0 aliphatic carbocycles. The number of amides is 1. The highest BCUT2D eigenvalue weighted by Gasteiger charge is 2.32. The summed E-state index contributed by atoms with van der Waals surface area (Å²) in [7, 11) is 0. The molecule has 0 radical (unpaired) electrons. The largest absolute Gasteiger partial charge is 0.471 e. The Bertz CT molecular complexity index is 825.